The van der Waals surface area contributed by atoms with Gasteiger partial charge in [-0.1, -0.05) is 60.7 Å². The molecule has 3 aromatic rings. The number of hydrogen-bond acceptors (Lipinski definition) is 4. The summed E-state index contributed by atoms with van der Waals surface area (Å²) < 4.78 is 0. The molecule has 1 heterocycles. The molecule has 0 saturated heterocycles. The van der Waals surface area contributed by atoms with Crippen LogP contribution in [0.4, 0.5) is 0 Å². The lowest BCUT2D eigenvalue weighted by Crippen LogP contribution is -2.35. The molecule has 1 aliphatic rings. The number of fused-ring (bicyclic) bond motifs is 1. The molecule has 32 heavy (non-hydrogen) atoms. The second-order valence-electron chi connectivity index (χ2n) is 7.69. The predicted molar refractivity (Wildman–Crippen MR) is 120 cm³/mol. The smallest absolute Gasteiger partial charge is 0.261 e. The average Bonchev–Trinajstić information content (AvgIpc) is 3.07. The number of carbonyl (C=O) groups is 3. The van der Waals surface area contributed by atoms with Gasteiger partial charge < -0.3 is 10.0 Å². The molecule has 1 aliphatic heterocycles. The van der Waals surface area contributed by atoms with Crippen molar-refractivity contribution in [2.45, 2.75) is 13.0 Å². The maximum absolute atomic E-state index is 13.1. The van der Waals surface area contributed by atoms with Crippen LogP contribution in [0.1, 0.15) is 42.2 Å². The van der Waals surface area contributed by atoms with Crippen LogP contribution in [0.15, 0.2) is 78.9 Å². The summed E-state index contributed by atoms with van der Waals surface area (Å²) in [5, 5.41) is 9.44. The lowest BCUT2D eigenvalue weighted by atomic mass is 10.0. The molecule has 0 fully saturated rings. The number of amides is 3. The van der Waals surface area contributed by atoms with Crippen LogP contribution in [0.25, 0.3) is 0 Å². The van der Waals surface area contributed by atoms with Crippen molar-refractivity contribution in [2.24, 2.45) is 0 Å². The molecule has 6 nitrogen and oxygen atoms in total. The number of benzene rings is 3. The minimum absolute atomic E-state index is 0.159. The fraction of sp³-hybridized carbons (Fsp3) is 0.192. The molecule has 0 spiro atoms. The summed E-state index contributed by atoms with van der Waals surface area (Å²) in [7, 11) is 0. The van der Waals surface area contributed by atoms with E-state index in [-0.39, 0.29) is 37.1 Å². The first-order valence-electron chi connectivity index (χ1n) is 10.6. The zero-order valence-corrected chi connectivity index (χ0v) is 17.6. The normalized spacial score (nSPS) is 12.7. The van der Waals surface area contributed by atoms with Crippen LogP contribution in [0.3, 0.4) is 0 Å². The van der Waals surface area contributed by atoms with E-state index in [2.05, 4.69) is 0 Å². The largest absolute Gasteiger partial charge is 0.395 e. The Morgan fingerprint density at radius 3 is 2.06 bits per heavy atom. The number of hydrogen-bond donors (Lipinski definition) is 1. The molecule has 162 valence electrons. The minimum Gasteiger partial charge on any atom is -0.395 e. The van der Waals surface area contributed by atoms with Gasteiger partial charge in [-0.2, -0.15) is 0 Å². The van der Waals surface area contributed by atoms with Gasteiger partial charge in [0.2, 0.25) is 0 Å². The monoisotopic (exact) mass is 428 g/mol. The molecule has 0 saturated carbocycles. The van der Waals surface area contributed by atoms with Crippen LogP contribution in [0, 0.1) is 0 Å². The Kier molecular flexibility index (Phi) is 6.42. The summed E-state index contributed by atoms with van der Waals surface area (Å²) in [6.07, 6.45) is 0.653. The molecule has 6 heteroatoms. The first-order chi connectivity index (χ1) is 15.6. The standard InChI is InChI=1S/C26H24N2O4/c29-16-15-27(14-13-19-7-3-1-4-8-19)24(30)21-11-12-22-23(17-21)26(32)28(25(22)31)18-20-9-5-2-6-10-20/h1-12,17,29H,13-16,18H2. The molecule has 0 bridgehead atoms. The van der Waals surface area contributed by atoms with Crippen LogP contribution in [-0.4, -0.2) is 52.3 Å². The molecular formula is C26H24N2O4. The summed E-state index contributed by atoms with van der Waals surface area (Å²) >= 11 is 0. The first kappa shape index (κ1) is 21.5. The van der Waals surface area contributed by atoms with E-state index in [0.29, 0.717) is 24.1 Å². The summed E-state index contributed by atoms with van der Waals surface area (Å²) in [6, 6.07) is 23.7. The minimum atomic E-state index is -0.401. The van der Waals surface area contributed by atoms with Gasteiger partial charge in [-0.05, 0) is 35.7 Å². The maximum atomic E-state index is 13.1. The molecular weight excluding hydrogens is 404 g/mol. The van der Waals surface area contributed by atoms with Crippen LogP contribution in [0.5, 0.6) is 0 Å². The van der Waals surface area contributed by atoms with E-state index in [0.717, 1.165) is 11.1 Å². The van der Waals surface area contributed by atoms with Crippen LogP contribution in [0.2, 0.25) is 0 Å². The van der Waals surface area contributed by atoms with Gasteiger partial charge >= 0.3 is 0 Å². The molecule has 3 aromatic carbocycles. The Bertz CT molecular complexity index is 1130. The highest BCUT2D eigenvalue weighted by Gasteiger charge is 2.36. The van der Waals surface area contributed by atoms with Gasteiger partial charge in [0.15, 0.2) is 0 Å². The van der Waals surface area contributed by atoms with Crippen molar-refractivity contribution in [3.8, 4) is 0 Å². The second kappa shape index (κ2) is 9.58. The summed E-state index contributed by atoms with van der Waals surface area (Å²) in [5.41, 5.74) is 2.82. The lowest BCUT2D eigenvalue weighted by molar-refractivity contribution is 0.0642. The third kappa shape index (κ3) is 4.45. The molecule has 3 amide bonds. The van der Waals surface area contributed by atoms with Gasteiger partial charge in [0.1, 0.15) is 0 Å². The fourth-order valence-electron chi connectivity index (χ4n) is 3.86. The Morgan fingerprint density at radius 1 is 0.781 bits per heavy atom. The molecule has 0 unspecified atom stereocenters. The second-order valence-corrected chi connectivity index (χ2v) is 7.69. The van der Waals surface area contributed by atoms with Crippen molar-refractivity contribution in [1.82, 2.24) is 9.80 Å². The Morgan fingerprint density at radius 2 is 1.41 bits per heavy atom. The molecule has 4 rings (SSSR count). The van der Waals surface area contributed by atoms with Gasteiger partial charge in [-0.3, -0.25) is 19.3 Å². The Hall–Kier alpha value is -3.77. The van der Waals surface area contributed by atoms with E-state index in [4.69, 9.17) is 0 Å². The highest BCUT2D eigenvalue weighted by molar-refractivity contribution is 6.22. The van der Waals surface area contributed by atoms with Gasteiger partial charge in [-0.25, -0.2) is 0 Å². The highest BCUT2D eigenvalue weighted by atomic mass is 16.3. The van der Waals surface area contributed by atoms with Crippen molar-refractivity contribution in [2.75, 3.05) is 19.7 Å². The van der Waals surface area contributed by atoms with Crippen molar-refractivity contribution < 1.29 is 19.5 Å². The van der Waals surface area contributed by atoms with Gasteiger partial charge in [0.05, 0.1) is 24.3 Å². The molecule has 0 aromatic heterocycles. The zero-order valence-electron chi connectivity index (χ0n) is 17.6. The SMILES string of the molecule is O=C(c1ccc2c(c1)C(=O)N(Cc1ccccc1)C2=O)N(CCO)CCc1ccccc1. The topological polar surface area (TPSA) is 77.9 Å². The molecule has 1 N–H and O–H groups in total. The summed E-state index contributed by atoms with van der Waals surface area (Å²) in [4.78, 5) is 41.6. The van der Waals surface area contributed by atoms with E-state index in [9.17, 15) is 19.5 Å². The van der Waals surface area contributed by atoms with Crippen molar-refractivity contribution in [1.29, 1.82) is 0 Å². The zero-order chi connectivity index (χ0) is 22.5. The predicted octanol–water partition coefficient (Wildman–Crippen LogP) is 3.16. The van der Waals surface area contributed by atoms with E-state index in [1.165, 1.54) is 11.0 Å². The molecule has 0 atom stereocenters. The van der Waals surface area contributed by atoms with E-state index in [1.807, 2.05) is 60.7 Å². The average molecular weight is 428 g/mol. The summed E-state index contributed by atoms with van der Waals surface area (Å²) in [6.45, 7) is 0.654. The van der Waals surface area contributed by atoms with Gasteiger partial charge in [0.25, 0.3) is 17.7 Å². The maximum Gasteiger partial charge on any atom is 0.261 e. The van der Waals surface area contributed by atoms with E-state index in [1.54, 1.807) is 17.0 Å². The quantitative estimate of drug-likeness (QED) is 0.559. The Balaban J connectivity index is 1.52. The lowest BCUT2D eigenvalue weighted by Gasteiger charge is -2.22. The van der Waals surface area contributed by atoms with Gasteiger partial charge in [-0.15, -0.1) is 0 Å². The number of aliphatic hydroxyl groups excluding tert-OH is 1. The number of imide groups is 1. The van der Waals surface area contributed by atoms with Crippen molar-refractivity contribution in [3.05, 3.63) is 107 Å². The number of aliphatic hydroxyl groups is 1. The third-order valence-electron chi connectivity index (χ3n) is 5.57. The number of nitrogens with zero attached hydrogens (tertiary/aromatic N) is 2. The summed E-state index contributed by atoms with van der Waals surface area (Å²) in [5.74, 6) is -1.04. The van der Waals surface area contributed by atoms with E-state index >= 15 is 0 Å². The number of carbonyl (C=O) groups excluding carboxylic acids is 3. The van der Waals surface area contributed by atoms with Crippen molar-refractivity contribution in [3.63, 3.8) is 0 Å². The number of rotatable bonds is 8. The molecule has 0 aliphatic carbocycles. The Labute approximate surface area is 186 Å². The van der Waals surface area contributed by atoms with Crippen LogP contribution < -0.4 is 0 Å². The first-order valence-corrected chi connectivity index (χ1v) is 10.6. The highest BCUT2D eigenvalue weighted by Crippen LogP contribution is 2.26. The van der Waals surface area contributed by atoms with Gasteiger partial charge in [0, 0.05) is 18.7 Å². The third-order valence-corrected chi connectivity index (χ3v) is 5.57. The van der Waals surface area contributed by atoms with E-state index < -0.39 is 5.91 Å². The van der Waals surface area contributed by atoms with Crippen molar-refractivity contribution >= 4 is 17.7 Å². The van der Waals surface area contributed by atoms with Crippen LogP contribution >= 0.6 is 0 Å². The fourth-order valence-corrected chi connectivity index (χ4v) is 3.86. The van der Waals surface area contributed by atoms with Crippen LogP contribution in [-0.2, 0) is 13.0 Å². The molecule has 0 radical (unpaired) electrons.